The number of aryl methyl sites for hydroxylation is 1. The normalized spacial score (nSPS) is 15.3. The lowest BCUT2D eigenvalue weighted by Gasteiger charge is -2.36. The number of guanidine groups is 1. The van der Waals surface area contributed by atoms with Crippen molar-refractivity contribution in [2.45, 2.75) is 19.9 Å². The van der Waals surface area contributed by atoms with Gasteiger partial charge < -0.3 is 20.0 Å². The maximum atomic E-state index is 12.0. The summed E-state index contributed by atoms with van der Waals surface area (Å²) in [5.41, 5.74) is 2.09. The second kappa shape index (κ2) is 11.0. The minimum absolute atomic E-state index is 0.169. The fourth-order valence-corrected chi connectivity index (χ4v) is 3.73. The van der Waals surface area contributed by atoms with Crippen LogP contribution in [0.5, 0.6) is 0 Å². The summed E-state index contributed by atoms with van der Waals surface area (Å²) in [6.07, 6.45) is 2.34. The zero-order valence-corrected chi connectivity index (χ0v) is 18.4. The molecule has 1 aliphatic heterocycles. The number of hydrogen-bond acceptors (Lipinski definition) is 4. The first-order chi connectivity index (χ1) is 14.6. The quantitative estimate of drug-likeness (QED) is 0.400. The monoisotopic (exact) mass is 431 g/mol. The number of rotatable bonds is 7. The van der Waals surface area contributed by atoms with E-state index in [2.05, 4.69) is 31.5 Å². The van der Waals surface area contributed by atoms with Crippen molar-refractivity contribution < 1.29 is 9.21 Å². The molecule has 1 fully saturated rings. The summed E-state index contributed by atoms with van der Waals surface area (Å²) >= 11 is 6.09. The highest BCUT2D eigenvalue weighted by atomic mass is 35.5. The molecule has 2 aromatic rings. The molecule has 2 N–H and O–H groups in total. The van der Waals surface area contributed by atoms with Gasteiger partial charge in [0.2, 0.25) is 0 Å². The highest BCUT2D eigenvalue weighted by molar-refractivity contribution is 6.30. The van der Waals surface area contributed by atoms with E-state index in [9.17, 15) is 4.79 Å². The fourth-order valence-electron chi connectivity index (χ4n) is 3.52. The molecule has 0 saturated carbocycles. The van der Waals surface area contributed by atoms with Gasteiger partial charge in [-0.1, -0.05) is 23.7 Å². The lowest BCUT2D eigenvalue weighted by molar-refractivity contribution is 0.0925. The van der Waals surface area contributed by atoms with Crippen LogP contribution in [0.2, 0.25) is 5.02 Å². The zero-order chi connectivity index (χ0) is 21.3. The van der Waals surface area contributed by atoms with E-state index < -0.39 is 0 Å². The third-order valence-electron chi connectivity index (χ3n) is 5.17. The molecule has 1 saturated heterocycles. The van der Waals surface area contributed by atoms with Crippen LogP contribution in [-0.4, -0.2) is 68.0 Å². The van der Waals surface area contributed by atoms with Gasteiger partial charge in [-0.25, -0.2) is 0 Å². The van der Waals surface area contributed by atoms with Crippen molar-refractivity contribution in [1.82, 2.24) is 20.4 Å². The van der Waals surface area contributed by atoms with Crippen LogP contribution in [0.3, 0.4) is 0 Å². The number of nitrogens with one attached hydrogen (secondary N) is 2. The Kier molecular flexibility index (Phi) is 8.16. The number of nitrogens with zero attached hydrogens (tertiary/aromatic N) is 3. The van der Waals surface area contributed by atoms with Crippen LogP contribution < -0.4 is 10.6 Å². The number of carbonyl (C=O) groups excluding carboxylic acids is 1. The molecule has 0 spiro atoms. The average Bonchev–Trinajstić information content (AvgIpc) is 3.17. The number of hydrogen-bond donors (Lipinski definition) is 2. The van der Waals surface area contributed by atoms with Gasteiger partial charge in [0.1, 0.15) is 0 Å². The highest BCUT2D eigenvalue weighted by Crippen LogP contribution is 2.14. The molecule has 7 nitrogen and oxygen atoms in total. The third-order valence-corrected chi connectivity index (χ3v) is 5.40. The number of piperazine rings is 1. The second-order valence-corrected chi connectivity index (χ2v) is 7.85. The van der Waals surface area contributed by atoms with E-state index in [4.69, 9.17) is 16.0 Å². The summed E-state index contributed by atoms with van der Waals surface area (Å²) in [6, 6.07) is 9.83. The van der Waals surface area contributed by atoms with E-state index in [1.165, 1.54) is 11.8 Å². The van der Waals surface area contributed by atoms with Gasteiger partial charge in [-0.15, -0.1) is 0 Å². The topological polar surface area (TPSA) is 73.1 Å². The van der Waals surface area contributed by atoms with Crippen molar-refractivity contribution in [3.63, 3.8) is 0 Å². The van der Waals surface area contributed by atoms with E-state index in [-0.39, 0.29) is 5.91 Å². The minimum atomic E-state index is -0.169. The first kappa shape index (κ1) is 22.2. The fraction of sp³-hybridized carbons (Fsp3) is 0.455. The number of benzene rings is 1. The van der Waals surface area contributed by atoms with Crippen LogP contribution in [0, 0.1) is 6.92 Å². The van der Waals surface area contributed by atoms with E-state index in [1.54, 1.807) is 6.07 Å². The van der Waals surface area contributed by atoms with E-state index >= 15 is 0 Å². The van der Waals surface area contributed by atoms with Crippen molar-refractivity contribution in [3.8, 4) is 0 Å². The molecule has 0 aliphatic carbocycles. The van der Waals surface area contributed by atoms with Crippen molar-refractivity contribution in [3.05, 3.63) is 58.5 Å². The van der Waals surface area contributed by atoms with Crippen molar-refractivity contribution in [2.24, 2.45) is 4.99 Å². The van der Waals surface area contributed by atoms with Crippen molar-refractivity contribution in [1.29, 1.82) is 0 Å². The second-order valence-electron chi connectivity index (χ2n) is 7.41. The highest BCUT2D eigenvalue weighted by Gasteiger charge is 2.19. The molecular weight excluding hydrogens is 402 g/mol. The van der Waals surface area contributed by atoms with Gasteiger partial charge in [0.25, 0.3) is 5.91 Å². The SMILES string of the molecule is CN=C(NCCCNC(=O)c1occc1C)N1CCN(Cc2cccc(Cl)c2)CC1. The Balaban J connectivity index is 1.34. The Morgan fingerprint density at radius 3 is 2.60 bits per heavy atom. The summed E-state index contributed by atoms with van der Waals surface area (Å²) in [6.45, 7) is 7.90. The molecule has 162 valence electrons. The van der Waals surface area contributed by atoms with Gasteiger partial charge in [-0.2, -0.15) is 0 Å². The summed E-state index contributed by atoms with van der Waals surface area (Å²) in [7, 11) is 1.81. The lowest BCUT2D eigenvalue weighted by atomic mass is 10.2. The molecule has 8 heteroatoms. The van der Waals surface area contributed by atoms with Gasteiger partial charge in [0.05, 0.1) is 6.26 Å². The minimum Gasteiger partial charge on any atom is -0.459 e. The van der Waals surface area contributed by atoms with Gasteiger partial charge in [-0.05, 0) is 37.1 Å². The smallest absolute Gasteiger partial charge is 0.287 e. The zero-order valence-electron chi connectivity index (χ0n) is 17.7. The summed E-state index contributed by atoms with van der Waals surface area (Å²) in [4.78, 5) is 21.2. The molecule has 30 heavy (non-hydrogen) atoms. The Labute approximate surface area is 183 Å². The number of halogens is 1. The van der Waals surface area contributed by atoms with Crippen LogP contribution >= 0.6 is 11.6 Å². The van der Waals surface area contributed by atoms with Gasteiger partial charge >= 0.3 is 0 Å². The molecule has 1 aliphatic rings. The van der Waals surface area contributed by atoms with E-state index in [0.717, 1.165) is 62.2 Å². The molecule has 0 radical (unpaired) electrons. The molecule has 0 bridgehead atoms. The predicted molar refractivity (Wildman–Crippen MR) is 120 cm³/mol. The van der Waals surface area contributed by atoms with Crippen LogP contribution in [0.15, 0.2) is 46.0 Å². The van der Waals surface area contributed by atoms with Crippen LogP contribution in [-0.2, 0) is 6.54 Å². The largest absolute Gasteiger partial charge is 0.459 e. The maximum absolute atomic E-state index is 12.0. The van der Waals surface area contributed by atoms with E-state index in [0.29, 0.717) is 12.3 Å². The predicted octanol–water partition coefficient (Wildman–Crippen LogP) is 2.75. The molecular formula is C22H30ClN5O2. The molecule has 3 rings (SSSR count). The average molecular weight is 432 g/mol. The first-order valence-corrected chi connectivity index (χ1v) is 10.7. The Hall–Kier alpha value is -2.51. The standard InChI is InChI=1S/C22H30ClN5O2/c1-17-7-14-30-20(17)21(29)25-8-4-9-26-22(24-2)28-12-10-27(11-13-28)16-18-5-3-6-19(23)15-18/h3,5-7,14-15H,4,8-13,16H2,1-2H3,(H,24,26)(H,25,29). The number of furan rings is 1. The summed E-state index contributed by atoms with van der Waals surface area (Å²) in [5.74, 6) is 1.12. The van der Waals surface area contributed by atoms with Crippen LogP contribution in [0.4, 0.5) is 0 Å². The molecule has 0 atom stereocenters. The number of amides is 1. The molecule has 2 heterocycles. The molecule has 1 aromatic carbocycles. The van der Waals surface area contributed by atoms with E-state index in [1.807, 2.05) is 32.2 Å². The van der Waals surface area contributed by atoms with Gasteiger partial charge in [-0.3, -0.25) is 14.7 Å². The number of carbonyl (C=O) groups is 1. The van der Waals surface area contributed by atoms with Crippen molar-refractivity contribution in [2.75, 3.05) is 46.3 Å². The van der Waals surface area contributed by atoms with Gasteiger partial charge in [0, 0.05) is 63.4 Å². The Bertz CT molecular complexity index is 859. The third kappa shape index (κ3) is 6.24. The van der Waals surface area contributed by atoms with Crippen LogP contribution in [0.1, 0.15) is 28.1 Å². The Morgan fingerprint density at radius 1 is 1.17 bits per heavy atom. The maximum Gasteiger partial charge on any atom is 0.287 e. The molecule has 1 amide bonds. The summed E-state index contributed by atoms with van der Waals surface area (Å²) in [5, 5.41) is 7.07. The van der Waals surface area contributed by atoms with Crippen molar-refractivity contribution >= 4 is 23.5 Å². The molecule has 1 aromatic heterocycles. The first-order valence-electron chi connectivity index (χ1n) is 10.3. The molecule has 0 unspecified atom stereocenters. The lowest BCUT2D eigenvalue weighted by Crippen LogP contribution is -2.52. The van der Waals surface area contributed by atoms with Crippen LogP contribution in [0.25, 0.3) is 0 Å². The number of aliphatic imine (C=N–C) groups is 1. The Morgan fingerprint density at radius 2 is 1.93 bits per heavy atom. The summed E-state index contributed by atoms with van der Waals surface area (Å²) < 4.78 is 5.21. The van der Waals surface area contributed by atoms with Gasteiger partial charge in [0.15, 0.2) is 11.7 Å².